The van der Waals surface area contributed by atoms with Crippen molar-refractivity contribution in [3.8, 4) is 0 Å². The van der Waals surface area contributed by atoms with Gasteiger partial charge in [0.2, 0.25) is 5.95 Å². The van der Waals surface area contributed by atoms with Gasteiger partial charge in [0.1, 0.15) is 0 Å². The average molecular weight is 439 g/mol. The first-order valence-electron chi connectivity index (χ1n) is 12.6. The summed E-state index contributed by atoms with van der Waals surface area (Å²) in [6, 6.07) is 4.23. The highest BCUT2D eigenvalue weighted by atomic mass is 32.1. The predicted molar refractivity (Wildman–Crippen MR) is 124 cm³/mol. The maximum atomic E-state index is 13.8. The van der Waals surface area contributed by atoms with Gasteiger partial charge in [0.25, 0.3) is 5.91 Å². The number of anilines is 1. The van der Waals surface area contributed by atoms with Crippen LogP contribution in [0.5, 0.6) is 0 Å². The maximum Gasteiger partial charge on any atom is 0.270 e. The number of thiophene rings is 1. The summed E-state index contributed by atoms with van der Waals surface area (Å²) in [5, 5.41) is 7.28. The van der Waals surface area contributed by atoms with E-state index in [2.05, 4.69) is 9.58 Å². The lowest BCUT2D eigenvalue weighted by molar-refractivity contribution is 0.0310. The first-order valence-corrected chi connectivity index (χ1v) is 13.5. The molecule has 0 aromatic carbocycles. The first-order chi connectivity index (χ1) is 15.3. The molecule has 0 bridgehead atoms. The number of amides is 1. The topological polar surface area (TPSA) is 51.0 Å². The highest BCUT2D eigenvalue weighted by molar-refractivity contribution is 7.12. The van der Waals surface area contributed by atoms with Crippen molar-refractivity contribution in [2.45, 2.75) is 107 Å². The fourth-order valence-corrected chi connectivity index (χ4v) is 7.83. The fraction of sp³-hybridized carbons (Fsp3) is 0.720. The van der Waals surface area contributed by atoms with Crippen molar-refractivity contribution in [1.82, 2.24) is 14.8 Å². The van der Waals surface area contributed by atoms with E-state index in [-0.39, 0.29) is 17.5 Å². The van der Waals surface area contributed by atoms with Crippen molar-refractivity contribution >= 4 is 23.2 Å². The highest BCUT2D eigenvalue weighted by Gasteiger charge is 2.55. The van der Waals surface area contributed by atoms with E-state index >= 15 is 0 Å². The van der Waals surface area contributed by atoms with Gasteiger partial charge < -0.3 is 0 Å². The van der Waals surface area contributed by atoms with Gasteiger partial charge in [-0.3, -0.25) is 9.69 Å². The third kappa shape index (κ3) is 3.20. The number of hydrogen-bond acceptors (Lipinski definition) is 4. The van der Waals surface area contributed by atoms with Crippen LogP contribution < -0.4 is 4.90 Å². The van der Waals surface area contributed by atoms with Crippen LogP contribution in [0.2, 0.25) is 0 Å². The minimum absolute atomic E-state index is 0.0742. The third-order valence-electron chi connectivity index (χ3n) is 8.64. The smallest absolute Gasteiger partial charge is 0.270 e. The lowest BCUT2D eigenvalue weighted by Crippen LogP contribution is -2.61. The Morgan fingerprint density at radius 1 is 0.968 bits per heavy atom. The molecule has 31 heavy (non-hydrogen) atoms. The maximum absolute atomic E-state index is 13.8. The van der Waals surface area contributed by atoms with Crippen LogP contribution in [0.15, 0.2) is 17.5 Å². The van der Waals surface area contributed by atoms with Crippen molar-refractivity contribution in [3.63, 3.8) is 0 Å². The van der Waals surface area contributed by atoms with Crippen LogP contribution in [0.4, 0.5) is 5.95 Å². The number of carbonyl (C=O) groups is 1. The number of fused-ring (bicyclic) bond motifs is 4. The second-order valence-corrected chi connectivity index (χ2v) is 11.2. The molecular weight excluding hydrogens is 404 g/mol. The summed E-state index contributed by atoms with van der Waals surface area (Å²) in [6.45, 7) is 0. The molecule has 3 saturated carbocycles. The SMILES string of the molecule is O=C(c1cccs1)N1c2nc(C3CCCCC3)nn2C2(CCCCC2)[C@@H]2CCCC[C@@H]21. The van der Waals surface area contributed by atoms with E-state index in [0.29, 0.717) is 11.8 Å². The Kier molecular flexibility index (Phi) is 5.16. The minimum Gasteiger partial charge on any atom is -0.273 e. The van der Waals surface area contributed by atoms with Crippen molar-refractivity contribution in [2.75, 3.05) is 4.90 Å². The summed E-state index contributed by atoms with van der Waals surface area (Å²) >= 11 is 1.55. The Morgan fingerprint density at radius 3 is 2.48 bits per heavy atom. The molecule has 2 aromatic rings. The molecular formula is C25H34N4OS. The van der Waals surface area contributed by atoms with Crippen LogP contribution >= 0.6 is 11.3 Å². The van der Waals surface area contributed by atoms with Crippen LogP contribution in [0.25, 0.3) is 0 Å². The van der Waals surface area contributed by atoms with Gasteiger partial charge in [-0.25, -0.2) is 4.68 Å². The van der Waals surface area contributed by atoms with E-state index in [1.54, 1.807) is 11.3 Å². The van der Waals surface area contributed by atoms with E-state index in [4.69, 9.17) is 10.1 Å². The summed E-state index contributed by atoms with van der Waals surface area (Å²) in [4.78, 5) is 21.9. The normalized spacial score (nSPS) is 28.3. The zero-order chi connectivity index (χ0) is 20.8. The monoisotopic (exact) mass is 438 g/mol. The summed E-state index contributed by atoms with van der Waals surface area (Å²) in [5.74, 6) is 3.00. The molecule has 3 fully saturated rings. The van der Waals surface area contributed by atoms with Crippen LogP contribution in [-0.4, -0.2) is 26.7 Å². The molecule has 2 aromatic heterocycles. The molecule has 6 rings (SSSR count). The van der Waals surface area contributed by atoms with Crippen LogP contribution in [0.1, 0.15) is 111 Å². The zero-order valence-corrected chi connectivity index (χ0v) is 19.3. The Balaban J connectivity index is 1.50. The largest absolute Gasteiger partial charge is 0.273 e. The van der Waals surface area contributed by atoms with Crippen LogP contribution in [-0.2, 0) is 5.54 Å². The second-order valence-electron chi connectivity index (χ2n) is 10.3. The molecule has 0 saturated heterocycles. The van der Waals surface area contributed by atoms with Gasteiger partial charge in [-0.2, -0.15) is 10.1 Å². The van der Waals surface area contributed by atoms with Gasteiger partial charge in [0, 0.05) is 17.9 Å². The number of rotatable bonds is 2. The van der Waals surface area contributed by atoms with Crippen LogP contribution in [0.3, 0.4) is 0 Å². The molecule has 0 radical (unpaired) electrons. The molecule has 2 atom stereocenters. The summed E-state index contributed by atoms with van der Waals surface area (Å²) in [5.41, 5.74) is 0.0742. The van der Waals surface area contributed by atoms with Crippen molar-refractivity contribution in [1.29, 1.82) is 0 Å². The van der Waals surface area contributed by atoms with Gasteiger partial charge in [-0.1, -0.05) is 57.4 Å². The quantitative estimate of drug-likeness (QED) is 0.555. The number of aromatic nitrogens is 3. The second kappa shape index (κ2) is 8.02. The van der Waals surface area contributed by atoms with Gasteiger partial charge in [0.05, 0.1) is 10.4 Å². The summed E-state index contributed by atoms with van der Waals surface area (Å²) < 4.78 is 2.30. The average Bonchev–Trinajstić information content (AvgIpc) is 3.52. The van der Waals surface area contributed by atoms with Gasteiger partial charge in [-0.05, 0) is 50.0 Å². The van der Waals surface area contributed by atoms with E-state index in [1.807, 2.05) is 17.5 Å². The van der Waals surface area contributed by atoms with Gasteiger partial charge in [0.15, 0.2) is 5.82 Å². The molecule has 1 aliphatic heterocycles. The molecule has 6 heteroatoms. The predicted octanol–water partition coefficient (Wildman–Crippen LogP) is 6.27. The zero-order valence-electron chi connectivity index (χ0n) is 18.5. The number of carbonyl (C=O) groups excluding carboxylic acids is 1. The van der Waals surface area contributed by atoms with E-state index in [9.17, 15) is 4.79 Å². The first kappa shape index (κ1) is 20.0. The molecule has 3 aliphatic carbocycles. The lowest BCUT2D eigenvalue weighted by atomic mass is 9.64. The molecule has 0 N–H and O–H groups in total. The van der Waals surface area contributed by atoms with E-state index in [0.717, 1.165) is 23.1 Å². The number of nitrogens with zero attached hydrogens (tertiary/aromatic N) is 4. The summed E-state index contributed by atoms with van der Waals surface area (Å²) in [6.07, 6.45) is 17.4. The molecule has 166 valence electrons. The van der Waals surface area contributed by atoms with E-state index in [1.165, 1.54) is 83.5 Å². The Labute approximate surface area is 189 Å². The molecule has 0 unspecified atom stereocenters. The summed E-state index contributed by atoms with van der Waals surface area (Å²) in [7, 11) is 0. The molecule has 1 spiro atoms. The lowest BCUT2D eigenvalue weighted by Gasteiger charge is -2.55. The molecule has 4 aliphatic rings. The highest BCUT2D eigenvalue weighted by Crippen LogP contribution is 2.53. The van der Waals surface area contributed by atoms with Crippen molar-refractivity contribution < 1.29 is 4.79 Å². The van der Waals surface area contributed by atoms with Gasteiger partial charge >= 0.3 is 0 Å². The molecule has 3 heterocycles. The Bertz CT molecular complexity index is 923. The fourth-order valence-electron chi connectivity index (χ4n) is 7.17. The van der Waals surface area contributed by atoms with Gasteiger partial charge in [-0.15, -0.1) is 11.3 Å². The van der Waals surface area contributed by atoms with Crippen molar-refractivity contribution in [3.05, 3.63) is 28.2 Å². The van der Waals surface area contributed by atoms with Crippen molar-refractivity contribution in [2.24, 2.45) is 5.92 Å². The number of hydrogen-bond donors (Lipinski definition) is 0. The molecule has 1 amide bonds. The van der Waals surface area contributed by atoms with E-state index < -0.39 is 0 Å². The minimum atomic E-state index is 0.0742. The standard InChI is InChI=1S/C25H34N4OS/c30-23(21-14-9-17-31-21)28-20-13-6-5-12-19(20)25(15-7-2-8-16-25)29-24(28)26-22(27-29)18-10-3-1-4-11-18/h9,14,17-20H,1-8,10-13,15-16H2/t19-,20+/m1/s1. The third-order valence-corrected chi connectivity index (χ3v) is 9.49. The van der Waals surface area contributed by atoms with Crippen LogP contribution in [0, 0.1) is 5.92 Å². The Morgan fingerprint density at radius 2 is 1.71 bits per heavy atom. The Hall–Kier alpha value is -1.69. The molecule has 5 nitrogen and oxygen atoms in total.